The molecule has 0 saturated heterocycles. The first-order valence-corrected chi connectivity index (χ1v) is 7.64. The molecule has 1 unspecified atom stereocenters. The van der Waals surface area contributed by atoms with E-state index in [1.165, 1.54) is 11.8 Å². The number of nitrogens with two attached hydrogens (primary N) is 1. The molecule has 0 saturated carbocycles. The minimum atomic E-state index is -0.615. The zero-order valence-corrected chi connectivity index (χ0v) is 12.3. The summed E-state index contributed by atoms with van der Waals surface area (Å²) in [5.41, 5.74) is 5.76. The lowest BCUT2D eigenvalue weighted by molar-refractivity contribution is -0.144. The standard InChI is InChI=1S/C14H19NO4S/c1-2-17-14(16)11(15)9-20-10-4-5-12-13(8-10)19-7-3-6-18-12/h4-5,8,11H,2-3,6-7,9,15H2,1H3. The van der Waals surface area contributed by atoms with Crippen LogP contribution in [0, 0.1) is 0 Å². The molecule has 0 radical (unpaired) electrons. The van der Waals surface area contributed by atoms with Crippen LogP contribution < -0.4 is 15.2 Å². The van der Waals surface area contributed by atoms with E-state index in [1.54, 1.807) is 6.92 Å². The van der Waals surface area contributed by atoms with Gasteiger partial charge in [0.1, 0.15) is 6.04 Å². The van der Waals surface area contributed by atoms with Crippen molar-refractivity contribution in [2.24, 2.45) is 5.73 Å². The summed E-state index contributed by atoms with van der Waals surface area (Å²) < 4.78 is 16.1. The number of ether oxygens (including phenoxy) is 3. The summed E-state index contributed by atoms with van der Waals surface area (Å²) in [6, 6.07) is 5.13. The third kappa shape index (κ3) is 4.05. The maximum Gasteiger partial charge on any atom is 0.323 e. The molecule has 2 rings (SSSR count). The van der Waals surface area contributed by atoms with Crippen LogP contribution in [0.15, 0.2) is 23.1 Å². The SMILES string of the molecule is CCOC(=O)C(N)CSc1ccc2c(c1)OCCCO2. The van der Waals surface area contributed by atoms with Crippen molar-refractivity contribution in [2.45, 2.75) is 24.3 Å². The summed E-state index contributed by atoms with van der Waals surface area (Å²) in [6.45, 7) is 3.44. The van der Waals surface area contributed by atoms with E-state index in [4.69, 9.17) is 19.9 Å². The van der Waals surface area contributed by atoms with Crippen LogP contribution in [0.2, 0.25) is 0 Å². The number of fused-ring (bicyclic) bond motifs is 1. The lowest BCUT2D eigenvalue weighted by Gasteiger charge is -2.12. The van der Waals surface area contributed by atoms with Crippen molar-refractivity contribution < 1.29 is 19.0 Å². The molecule has 0 amide bonds. The maximum absolute atomic E-state index is 11.4. The van der Waals surface area contributed by atoms with Crippen LogP contribution in [0.25, 0.3) is 0 Å². The highest BCUT2D eigenvalue weighted by atomic mass is 32.2. The van der Waals surface area contributed by atoms with Gasteiger partial charge in [-0.05, 0) is 25.1 Å². The summed E-state index contributed by atoms with van der Waals surface area (Å²) in [4.78, 5) is 12.4. The quantitative estimate of drug-likeness (QED) is 0.660. The molecule has 0 bridgehead atoms. The van der Waals surface area contributed by atoms with Gasteiger partial charge in [-0.1, -0.05) is 0 Å². The molecular weight excluding hydrogens is 278 g/mol. The van der Waals surface area contributed by atoms with Gasteiger partial charge in [0.2, 0.25) is 0 Å². The van der Waals surface area contributed by atoms with E-state index < -0.39 is 6.04 Å². The lowest BCUT2D eigenvalue weighted by Crippen LogP contribution is -2.34. The number of benzene rings is 1. The van der Waals surface area contributed by atoms with E-state index in [-0.39, 0.29) is 5.97 Å². The molecule has 5 nitrogen and oxygen atoms in total. The van der Waals surface area contributed by atoms with Crippen LogP contribution >= 0.6 is 11.8 Å². The Hall–Kier alpha value is -1.40. The van der Waals surface area contributed by atoms with Gasteiger partial charge < -0.3 is 19.9 Å². The number of rotatable bonds is 5. The minimum Gasteiger partial charge on any atom is -0.490 e. The molecule has 0 fully saturated rings. The molecule has 1 aliphatic heterocycles. The highest BCUT2D eigenvalue weighted by Gasteiger charge is 2.16. The first-order valence-electron chi connectivity index (χ1n) is 6.65. The molecule has 1 aliphatic rings. The van der Waals surface area contributed by atoms with Crippen molar-refractivity contribution in [2.75, 3.05) is 25.6 Å². The predicted molar refractivity (Wildman–Crippen MR) is 77.4 cm³/mol. The molecule has 0 aliphatic carbocycles. The second-order valence-corrected chi connectivity index (χ2v) is 5.42. The minimum absolute atomic E-state index is 0.348. The summed E-state index contributed by atoms with van der Waals surface area (Å²) >= 11 is 1.50. The van der Waals surface area contributed by atoms with Crippen LogP contribution in [-0.4, -0.2) is 37.6 Å². The Morgan fingerprint density at radius 2 is 2.15 bits per heavy atom. The Kier molecular flexibility index (Phi) is 5.55. The van der Waals surface area contributed by atoms with E-state index in [1.807, 2.05) is 18.2 Å². The van der Waals surface area contributed by atoms with E-state index in [0.29, 0.717) is 25.6 Å². The average Bonchev–Trinajstić information content (AvgIpc) is 2.69. The van der Waals surface area contributed by atoms with Crippen molar-refractivity contribution in [1.29, 1.82) is 0 Å². The van der Waals surface area contributed by atoms with Crippen LogP contribution in [0.1, 0.15) is 13.3 Å². The fourth-order valence-corrected chi connectivity index (χ4v) is 2.60. The smallest absolute Gasteiger partial charge is 0.323 e. The van der Waals surface area contributed by atoms with Gasteiger partial charge in [0, 0.05) is 17.1 Å². The topological polar surface area (TPSA) is 70.8 Å². The molecule has 20 heavy (non-hydrogen) atoms. The Balaban J connectivity index is 1.93. The molecule has 1 atom stereocenters. The van der Waals surface area contributed by atoms with Crippen molar-refractivity contribution in [3.8, 4) is 11.5 Å². The Morgan fingerprint density at radius 3 is 2.90 bits per heavy atom. The number of hydrogen-bond acceptors (Lipinski definition) is 6. The predicted octanol–water partition coefficient (Wildman–Crippen LogP) is 1.83. The monoisotopic (exact) mass is 297 g/mol. The highest BCUT2D eigenvalue weighted by Crippen LogP contribution is 2.33. The Morgan fingerprint density at radius 1 is 1.40 bits per heavy atom. The summed E-state index contributed by atoms with van der Waals surface area (Å²) in [6.07, 6.45) is 0.880. The van der Waals surface area contributed by atoms with Gasteiger partial charge in [-0.15, -0.1) is 11.8 Å². The number of thioether (sulfide) groups is 1. The van der Waals surface area contributed by atoms with E-state index in [2.05, 4.69) is 0 Å². The van der Waals surface area contributed by atoms with E-state index in [9.17, 15) is 4.79 Å². The third-order valence-corrected chi connectivity index (χ3v) is 3.85. The fraction of sp³-hybridized carbons (Fsp3) is 0.500. The van der Waals surface area contributed by atoms with E-state index in [0.717, 1.165) is 22.8 Å². The molecule has 1 aromatic rings. The zero-order valence-electron chi connectivity index (χ0n) is 11.5. The van der Waals surface area contributed by atoms with Crippen LogP contribution in [0.4, 0.5) is 0 Å². The summed E-state index contributed by atoms with van der Waals surface area (Å²) in [7, 11) is 0. The second kappa shape index (κ2) is 7.40. The van der Waals surface area contributed by atoms with Gasteiger partial charge in [-0.2, -0.15) is 0 Å². The first kappa shape index (κ1) is 15.0. The average molecular weight is 297 g/mol. The largest absolute Gasteiger partial charge is 0.490 e. The fourth-order valence-electron chi connectivity index (χ4n) is 1.74. The van der Waals surface area contributed by atoms with Crippen molar-refractivity contribution >= 4 is 17.7 Å². The molecule has 1 aromatic carbocycles. The van der Waals surface area contributed by atoms with E-state index >= 15 is 0 Å². The van der Waals surface area contributed by atoms with Gasteiger partial charge >= 0.3 is 5.97 Å². The van der Waals surface area contributed by atoms with Gasteiger partial charge in [-0.25, -0.2) is 0 Å². The second-order valence-electron chi connectivity index (χ2n) is 4.33. The van der Waals surface area contributed by atoms with Gasteiger partial charge in [0.05, 0.1) is 19.8 Å². The van der Waals surface area contributed by atoms with Crippen molar-refractivity contribution in [3.63, 3.8) is 0 Å². The van der Waals surface area contributed by atoms with Gasteiger partial charge in [0.15, 0.2) is 11.5 Å². The Labute approximate surface area is 122 Å². The number of carbonyl (C=O) groups excluding carboxylic acids is 1. The molecule has 6 heteroatoms. The summed E-state index contributed by atoms with van der Waals surface area (Å²) in [5, 5.41) is 0. The molecule has 1 heterocycles. The van der Waals surface area contributed by atoms with Gasteiger partial charge in [0.25, 0.3) is 0 Å². The summed E-state index contributed by atoms with van der Waals surface area (Å²) in [5.74, 6) is 1.62. The number of hydrogen-bond donors (Lipinski definition) is 1. The third-order valence-electron chi connectivity index (χ3n) is 2.74. The van der Waals surface area contributed by atoms with Crippen molar-refractivity contribution in [1.82, 2.24) is 0 Å². The Bertz CT molecular complexity index is 466. The molecule has 110 valence electrons. The number of carbonyl (C=O) groups is 1. The van der Waals surface area contributed by atoms with Crippen LogP contribution in [-0.2, 0) is 9.53 Å². The van der Waals surface area contributed by atoms with Crippen LogP contribution in [0.3, 0.4) is 0 Å². The number of esters is 1. The van der Waals surface area contributed by atoms with Gasteiger partial charge in [-0.3, -0.25) is 4.79 Å². The van der Waals surface area contributed by atoms with Crippen LogP contribution in [0.5, 0.6) is 11.5 Å². The normalized spacial score (nSPS) is 15.3. The molecule has 0 aromatic heterocycles. The lowest BCUT2D eigenvalue weighted by atomic mass is 10.3. The molecule has 2 N–H and O–H groups in total. The highest BCUT2D eigenvalue weighted by molar-refractivity contribution is 7.99. The zero-order chi connectivity index (χ0) is 14.4. The van der Waals surface area contributed by atoms with Crippen molar-refractivity contribution in [3.05, 3.63) is 18.2 Å². The first-order chi connectivity index (χ1) is 9.70. The molecular formula is C14H19NO4S. The maximum atomic E-state index is 11.4. The molecule has 0 spiro atoms.